The molecule has 1 N–H and O–H groups in total. The minimum Gasteiger partial charge on any atom is -0.336 e. The van der Waals surface area contributed by atoms with Gasteiger partial charge in [0.05, 0.1) is 18.8 Å². The molecular formula is C25H30N6O2S. The van der Waals surface area contributed by atoms with Crippen LogP contribution in [0.15, 0.2) is 59.8 Å². The number of nitrogens with one attached hydrogen (secondary N) is 1. The predicted molar refractivity (Wildman–Crippen MR) is 134 cm³/mol. The van der Waals surface area contributed by atoms with Crippen molar-refractivity contribution in [1.29, 1.82) is 0 Å². The molecule has 1 fully saturated rings. The second-order valence-electron chi connectivity index (χ2n) is 8.51. The first-order chi connectivity index (χ1) is 16.5. The number of benzene rings is 2. The molecule has 178 valence electrons. The fraction of sp³-hybridized carbons (Fsp3) is 0.360. The van der Waals surface area contributed by atoms with Gasteiger partial charge in [-0.1, -0.05) is 47.7 Å². The number of likely N-dealkylation sites (tertiary alicyclic amines) is 1. The van der Waals surface area contributed by atoms with Crippen LogP contribution in [0, 0.1) is 6.92 Å². The quantitative estimate of drug-likeness (QED) is 0.475. The average Bonchev–Trinajstić information content (AvgIpc) is 3.49. The molecule has 2 heterocycles. The van der Waals surface area contributed by atoms with Crippen LogP contribution in [0.3, 0.4) is 0 Å². The number of likely N-dealkylation sites (N-methyl/N-ethyl adjacent to an activating group) is 1. The molecule has 2 aromatic carbocycles. The molecule has 0 atom stereocenters. The number of amides is 2. The minimum absolute atomic E-state index is 0.0150. The van der Waals surface area contributed by atoms with Gasteiger partial charge in [-0.3, -0.25) is 19.1 Å². The number of nitrogens with zero attached hydrogens (tertiary/aromatic N) is 5. The number of carbonyl (C=O) groups excluding carboxylic acids is 2. The van der Waals surface area contributed by atoms with E-state index < -0.39 is 0 Å². The van der Waals surface area contributed by atoms with Gasteiger partial charge in [-0.2, -0.15) is 0 Å². The predicted octanol–water partition coefficient (Wildman–Crippen LogP) is 3.36. The molecule has 34 heavy (non-hydrogen) atoms. The van der Waals surface area contributed by atoms with E-state index in [1.54, 1.807) is 7.05 Å². The molecule has 0 bridgehead atoms. The lowest BCUT2D eigenvalue weighted by atomic mass is 10.2. The van der Waals surface area contributed by atoms with Gasteiger partial charge in [-0.05, 0) is 57.1 Å². The van der Waals surface area contributed by atoms with Crippen LogP contribution in [0.5, 0.6) is 0 Å². The molecule has 8 nitrogen and oxygen atoms in total. The molecule has 1 saturated heterocycles. The van der Waals surface area contributed by atoms with E-state index in [1.165, 1.54) is 29.5 Å². The van der Waals surface area contributed by atoms with Gasteiger partial charge in [0.25, 0.3) is 0 Å². The van der Waals surface area contributed by atoms with Gasteiger partial charge < -0.3 is 10.2 Å². The van der Waals surface area contributed by atoms with Crippen LogP contribution < -0.4 is 5.32 Å². The smallest absolute Gasteiger partial charge is 0.243 e. The standard InChI is InChI=1S/C25H30N6O2S/c1-19-10-12-20(13-11-19)26-23(32)17-29(2)24(33)18-34-25-28-27-22(16-30-14-6-7-15-30)31(25)21-8-4-3-5-9-21/h3-5,8-13H,6-7,14-18H2,1-2H3,(H,26,32). The first-order valence-corrected chi connectivity index (χ1v) is 12.4. The summed E-state index contributed by atoms with van der Waals surface area (Å²) < 4.78 is 2.03. The van der Waals surface area contributed by atoms with Crippen molar-refractivity contribution < 1.29 is 9.59 Å². The van der Waals surface area contributed by atoms with E-state index in [4.69, 9.17) is 0 Å². The van der Waals surface area contributed by atoms with E-state index in [0.717, 1.165) is 36.7 Å². The number of aryl methyl sites for hydroxylation is 1. The number of aromatic nitrogens is 3. The Morgan fingerprint density at radius 1 is 1.03 bits per heavy atom. The van der Waals surface area contributed by atoms with Gasteiger partial charge in [0.1, 0.15) is 0 Å². The third-order valence-corrected chi connectivity index (χ3v) is 6.66. The molecule has 0 unspecified atom stereocenters. The maximum absolute atomic E-state index is 12.7. The van der Waals surface area contributed by atoms with Crippen molar-refractivity contribution in [2.45, 2.75) is 31.5 Å². The molecule has 1 aliphatic heterocycles. The van der Waals surface area contributed by atoms with Crippen LogP contribution >= 0.6 is 11.8 Å². The Labute approximate surface area is 204 Å². The van der Waals surface area contributed by atoms with E-state index in [9.17, 15) is 9.59 Å². The second kappa shape index (κ2) is 11.3. The summed E-state index contributed by atoms with van der Waals surface area (Å²) in [6.07, 6.45) is 2.42. The van der Waals surface area contributed by atoms with Crippen molar-refractivity contribution >= 4 is 29.3 Å². The Morgan fingerprint density at radius 3 is 2.44 bits per heavy atom. The molecule has 0 spiro atoms. The Bertz CT molecular complexity index is 1110. The summed E-state index contributed by atoms with van der Waals surface area (Å²) in [6.45, 7) is 4.84. The molecule has 1 aromatic heterocycles. The molecule has 0 radical (unpaired) electrons. The third-order valence-electron chi connectivity index (χ3n) is 5.75. The number of anilines is 1. The number of rotatable bonds is 9. The number of carbonyl (C=O) groups is 2. The van der Waals surface area contributed by atoms with Crippen molar-refractivity contribution in [2.24, 2.45) is 0 Å². The third kappa shape index (κ3) is 6.24. The topological polar surface area (TPSA) is 83.4 Å². The SMILES string of the molecule is Cc1ccc(NC(=O)CN(C)C(=O)CSc2nnc(CN3CCCC3)n2-c2ccccc2)cc1. The first-order valence-electron chi connectivity index (χ1n) is 11.4. The minimum atomic E-state index is -0.231. The molecule has 0 saturated carbocycles. The van der Waals surface area contributed by atoms with Gasteiger partial charge >= 0.3 is 0 Å². The Kier molecular flexibility index (Phi) is 7.97. The summed E-state index contributed by atoms with van der Waals surface area (Å²) in [5, 5.41) is 12.3. The van der Waals surface area contributed by atoms with Crippen LogP contribution in [-0.4, -0.2) is 68.8 Å². The van der Waals surface area contributed by atoms with E-state index in [0.29, 0.717) is 10.8 Å². The normalized spacial score (nSPS) is 13.7. The lowest BCUT2D eigenvalue weighted by Gasteiger charge is -2.17. The van der Waals surface area contributed by atoms with Crippen molar-refractivity contribution in [2.75, 3.05) is 37.8 Å². The molecule has 4 rings (SSSR count). The van der Waals surface area contributed by atoms with E-state index in [1.807, 2.05) is 66.1 Å². The van der Waals surface area contributed by atoms with Gasteiger partial charge in [0, 0.05) is 18.4 Å². The van der Waals surface area contributed by atoms with Gasteiger partial charge in [0.15, 0.2) is 11.0 Å². The zero-order valence-corrected chi connectivity index (χ0v) is 20.4. The fourth-order valence-corrected chi connectivity index (χ4v) is 4.76. The average molecular weight is 479 g/mol. The van der Waals surface area contributed by atoms with Gasteiger partial charge in [-0.25, -0.2) is 0 Å². The molecule has 1 aliphatic rings. The summed E-state index contributed by atoms with van der Waals surface area (Å²) in [5.41, 5.74) is 2.81. The highest BCUT2D eigenvalue weighted by molar-refractivity contribution is 7.99. The van der Waals surface area contributed by atoms with Crippen LogP contribution in [0.1, 0.15) is 24.2 Å². The van der Waals surface area contributed by atoms with E-state index in [2.05, 4.69) is 20.4 Å². The number of para-hydroxylation sites is 1. The summed E-state index contributed by atoms with van der Waals surface area (Å²) in [6, 6.07) is 17.5. The van der Waals surface area contributed by atoms with Crippen molar-refractivity contribution in [1.82, 2.24) is 24.6 Å². The molecule has 0 aliphatic carbocycles. The maximum atomic E-state index is 12.7. The highest BCUT2D eigenvalue weighted by atomic mass is 32.2. The van der Waals surface area contributed by atoms with Gasteiger partial charge in [-0.15, -0.1) is 10.2 Å². The first kappa shape index (κ1) is 24.0. The van der Waals surface area contributed by atoms with Crippen molar-refractivity contribution in [3.8, 4) is 5.69 Å². The highest BCUT2D eigenvalue weighted by Gasteiger charge is 2.21. The molecular weight excluding hydrogens is 448 g/mol. The number of hydrogen-bond acceptors (Lipinski definition) is 6. The Balaban J connectivity index is 1.38. The molecule has 9 heteroatoms. The van der Waals surface area contributed by atoms with E-state index in [-0.39, 0.29) is 24.1 Å². The van der Waals surface area contributed by atoms with E-state index >= 15 is 0 Å². The number of thioether (sulfide) groups is 1. The Hall–Kier alpha value is -3.17. The molecule has 2 amide bonds. The largest absolute Gasteiger partial charge is 0.336 e. The highest BCUT2D eigenvalue weighted by Crippen LogP contribution is 2.24. The lowest BCUT2D eigenvalue weighted by Crippen LogP contribution is -2.36. The fourth-order valence-electron chi connectivity index (χ4n) is 3.85. The Morgan fingerprint density at radius 2 is 1.74 bits per heavy atom. The summed E-state index contributed by atoms with van der Waals surface area (Å²) >= 11 is 1.34. The van der Waals surface area contributed by atoms with Crippen LogP contribution in [0.4, 0.5) is 5.69 Å². The van der Waals surface area contributed by atoms with Crippen LogP contribution in [0.2, 0.25) is 0 Å². The molecule has 3 aromatic rings. The van der Waals surface area contributed by atoms with Crippen molar-refractivity contribution in [3.05, 3.63) is 66.0 Å². The summed E-state index contributed by atoms with van der Waals surface area (Å²) in [4.78, 5) is 28.9. The maximum Gasteiger partial charge on any atom is 0.243 e. The van der Waals surface area contributed by atoms with Crippen molar-refractivity contribution in [3.63, 3.8) is 0 Å². The zero-order chi connectivity index (χ0) is 23.9. The van der Waals surface area contributed by atoms with Crippen LogP contribution in [-0.2, 0) is 16.1 Å². The monoisotopic (exact) mass is 478 g/mol. The second-order valence-corrected chi connectivity index (χ2v) is 9.45. The zero-order valence-electron chi connectivity index (χ0n) is 19.6. The summed E-state index contributed by atoms with van der Waals surface area (Å²) in [5.74, 6) is 0.662. The van der Waals surface area contributed by atoms with Gasteiger partial charge in [0.2, 0.25) is 11.8 Å². The lowest BCUT2D eigenvalue weighted by molar-refractivity contribution is -0.131. The number of hydrogen-bond donors (Lipinski definition) is 1. The van der Waals surface area contributed by atoms with Crippen LogP contribution in [0.25, 0.3) is 5.69 Å². The summed E-state index contributed by atoms with van der Waals surface area (Å²) in [7, 11) is 1.64.